The lowest BCUT2D eigenvalue weighted by atomic mass is 10.3. The first-order chi connectivity index (χ1) is 5.76. The van der Waals surface area contributed by atoms with E-state index in [0.29, 0.717) is 6.04 Å². The van der Waals surface area contributed by atoms with Crippen LogP contribution in [0.1, 0.15) is 27.2 Å². The molecule has 1 N–H and O–H groups in total. The molecule has 0 spiro atoms. The molecule has 3 nitrogen and oxygen atoms in total. The molecule has 0 aromatic carbocycles. The Morgan fingerprint density at radius 1 is 1.58 bits per heavy atom. The molecule has 0 aliphatic heterocycles. The fourth-order valence-electron chi connectivity index (χ4n) is 0.969. The van der Waals surface area contributed by atoms with Crippen molar-refractivity contribution in [2.24, 2.45) is 0 Å². The Hall–Kier alpha value is -0.990. The molecule has 0 aliphatic carbocycles. The molecule has 0 saturated heterocycles. The predicted molar refractivity (Wildman–Crippen MR) is 51.3 cm³/mol. The molecule has 0 aliphatic rings. The minimum atomic E-state index is 0.505. The molecule has 1 aromatic heterocycles. The number of nitrogens with one attached hydrogen (secondary N) is 1. The van der Waals surface area contributed by atoms with Crippen LogP contribution in [0, 0.1) is 0 Å². The van der Waals surface area contributed by atoms with E-state index in [2.05, 4.69) is 31.2 Å². The lowest BCUT2D eigenvalue weighted by Crippen LogP contribution is -2.13. The van der Waals surface area contributed by atoms with Crippen molar-refractivity contribution < 1.29 is 0 Å². The first-order valence-electron chi connectivity index (χ1n) is 4.56. The summed E-state index contributed by atoms with van der Waals surface area (Å²) in [6.07, 6.45) is 3.11. The van der Waals surface area contributed by atoms with E-state index in [-0.39, 0.29) is 0 Å². The predicted octanol–water partition coefficient (Wildman–Crippen LogP) is 2.11. The molecular weight excluding hydrogens is 150 g/mol. The Bertz CT molecular complexity index is 229. The van der Waals surface area contributed by atoms with Gasteiger partial charge >= 0.3 is 0 Å². The van der Waals surface area contributed by atoms with Crippen molar-refractivity contribution in [3.8, 4) is 0 Å². The number of aromatic nitrogens is 2. The minimum Gasteiger partial charge on any atom is -0.366 e. The maximum atomic E-state index is 4.32. The molecule has 1 rings (SSSR count). The fraction of sp³-hybridized carbons (Fsp3) is 0.667. The summed E-state index contributed by atoms with van der Waals surface area (Å²) in [6, 6.07) is 2.51. The van der Waals surface area contributed by atoms with E-state index in [1.54, 1.807) is 0 Å². The third kappa shape index (κ3) is 2.26. The average molecular weight is 167 g/mol. The van der Waals surface area contributed by atoms with Gasteiger partial charge in [-0.05, 0) is 20.3 Å². The lowest BCUT2D eigenvalue weighted by molar-refractivity contribution is 0.656. The van der Waals surface area contributed by atoms with E-state index in [1.807, 2.05) is 16.9 Å². The minimum absolute atomic E-state index is 0.505. The topological polar surface area (TPSA) is 29.9 Å². The van der Waals surface area contributed by atoms with Crippen molar-refractivity contribution in [2.45, 2.75) is 39.8 Å². The van der Waals surface area contributed by atoms with Gasteiger partial charge in [-0.25, -0.2) is 0 Å². The van der Waals surface area contributed by atoms with E-state index in [4.69, 9.17) is 0 Å². The normalized spacial score (nSPS) is 12.9. The molecule has 12 heavy (non-hydrogen) atoms. The van der Waals surface area contributed by atoms with Gasteiger partial charge in [0, 0.05) is 24.8 Å². The molecule has 1 heterocycles. The zero-order valence-corrected chi connectivity index (χ0v) is 8.04. The smallest absolute Gasteiger partial charge is 0.148 e. The Kier molecular flexibility index (Phi) is 3.14. The van der Waals surface area contributed by atoms with E-state index >= 15 is 0 Å². The summed E-state index contributed by atoms with van der Waals surface area (Å²) in [4.78, 5) is 0. The molecule has 68 valence electrons. The monoisotopic (exact) mass is 167 g/mol. The number of anilines is 1. The molecule has 1 unspecified atom stereocenters. The van der Waals surface area contributed by atoms with E-state index in [0.717, 1.165) is 18.8 Å². The third-order valence-electron chi connectivity index (χ3n) is 1.97. The quantitative estimate of drug-likeness (QED) is 0.744. The molecule has 0 bridgehead atoms. The van der Waals surface area contributed by atoms with E-state index in [9.17, 15) is 0 Å². The Morgan fingerprint density at radius 2 is 2.33 bits per heavy atom. The van der Waals surface area contributed by atoms with Gasteiger partial charge < -0.3 is 5.32 Å². The van der Waals surface area contributed by atoms with Crippen LogP contribution >= 0.6 is 0 Å². The summed E-state index contributed by atoms with van der Waals surface area (Å²) in [6.45, 7) is 7.33. The van der Waals surface area contributed by atoms with Gasteiger partial charge in [-0.15, -0.1) is 0 Å². The van der Waals surface area contributed by atoms with Gasteiger partial charge in [-0.1, -0.05) is 6.92 Å². The fourth-order valence-corrected chi connectivity index (χ4v) is 0.969. The van der Waals surface area contributed by atoms with Gasteiger partial charge in [0.05, 0.1) is 0 Å². The Labute approximate surface area is 73.8 Å². The third-order valence-corrected chi connectivity index (χ3v) is 1.97. The second kappa shape index (κ2) is 4.14. The highest BCUT2D eigenvalue weighted by Gasteiger charge is 2.00. The molecule has 1 aromatic rings. The second-order valence-electron chi connectivity index (χ2n) is 3.01. The number of rotatable bonds is 4. The van der Waals surface area contributed by atoms with Gasteiger partial charge in [0.15, 0.2) is 0 Å². The number of aryl methyl sites for hydroxylation is 1. The maximum absolute atomic E-state index is 4.32. The summed E-state index contributed by atoms with van der Waals surface area (Å²) in [5, 5.41) is 7.64. The van der Waals surface area contributed by atoms with Crippen molar-refractivity contribution >= 4 is 5.82 Å². The second-order valence-corrected chi connectivity index (χ2v) is 3.01. The first kappa shape index (κ1) is 9.10. The Morgan fingerprint density at radius 3 is 2.83 bits per heavy atom. The highest BCUT2D eigenvalue weighted by Crippen LogP contribution is 2.05. The van der Waals surface area contributed by atoms with Crippen LogP contribution < -0.4 is 5.32 Å². The van der Waals surface area contributed by atoms with Gasteiger partial charge in [0.2, 0.25) is 0 Å². The average Bonchev–Trinajstić information content (AvgIpc) is 2.52. The van der Waals surface area contributed by atoms with Crippen LogP contribution in [0.4, 0.5) is 5.82 Å². The van der Waals surface area contributed by atoms with Gasteiger partial charge in [0.1, 0.15) is 5.82 Å². The van der Waals surface area contributed by atoms with E-state index in [1.165, 1.54) is 0 Å². The van der Waals surface area contributed by atoms with Crippen LogP contribution in [0.5, 0.6) is 0 Å². The summed E-state index contributed by atoms with van der Waals surface area (Å²) < 4.78 is 1.92. The van der Waals surface area contributed by atoms with Crippen LogP contribution in [0.3, 0.4) is 0 Å². The molecule has 0 fully saturated rings. The van der Waals surface area contributed by atoms with Gasteiger partial charge in [-0.2, -0.15) is 5.10 Å². The molecule has 0 saturated carbocycles. The highest BCUT2D eigenvalue weighted by atomic mass is 15.3. The largest absolute Gasteiger partial charge is 0.366 e. The number of hydrogen-bond donors (Lipinski definition) is 1. The van der Waals surface area contributed by atoms with Gasteiger partial charge in [-0.3, -0.25) is 4.68 Å². The lowest BCUT2D eigenvalue weighted by Gasteiger charge is -2.09. The Balaban J connectivity index is 2.52. The van der Waals surface area contributed by atoms with Crippen LogP contribution in [-0.4, -0.2) is 15.8 Å². The van der Waals surface area contributed by atoms with Gasteiger partial charge in [0.25, 0.3) is 0 Å². The summed E-state index contributed by atoms with van der Waals surface area (Å²) in [7, 11) is 0. The van der Waals surface area contributed by atoms with Crippen molar-refractivity contribution in [2.75, 3.05) is 5.32 Å². The standard InChI is InChI=1S/C9H17N3/c1-4-8(3)10-9-6-7-12(5-2)11-9/h6-8H,4-5H2,1-3H3,(H,10,11). The zero-order valence-electron chi connectivity index (χ0n) is 8.04. The van der Waals surface area contributed by atoms with Crippen LogP contribution in [-0.2, 0) is 6.54 Å². The van der Waals surface area contributed by atoms with Crippen molar-refractivity contribution in [1.82, 2.24) is 9.78 Å². The molecule has 0 radical (unpaired) electrons. The maximum Gasteiger partial charge on any atom is 0.148 e. The first-order valence-corrected chi connectivity index (χ1v) is 4.56. The van der Waals surface area contributed by atoms with Crippen molar-refractivity contribution in [3.63, 3.8) is 0 Å². The molecule has 0 amide bonds. The summed E-state index contributed by atoms with van der Waals surface area (Å²) >= 11 is 0. The summed E-state index contributed by atoms with van der Waals surface area (Å²) in [5.41, 5.74) is 0. The number of hydrogen-bond acceptors (Lipinski definition) is 2. The zero-order chi connectivity index (χ0) is 8.97. The number of nitrogens with zero attached hydrogens (tertiary/aromatic N) is 2. The molecule has 3 heteroatoms. The molecule has 1 atom stereocenters. The van der Waals surface area contributed by atoms with Crippen LogP contribution in [0.15, 0.2) is 12.3 Å². The van der Waals surface area contributed by atoms with Crippen LogP contribution in [0.25, 0.3) is 0 Å². The summed E-state index contributed by atoms with van der Waals surface area (Å²) in [5.74, 6) is 0.978. The van der Waals surface area contributed by atoms with Crippen molar-refractivity contribution in [1.29, 1.82) is 0 Å². The van der Waals surface area contributed by atoms with Crippen LogP contribution in [0.2, 0.25) is 0 Å². The SMILES string of the molecule is CCC(C)Nc1ccn(CC)n1. The van der Waals surface area contributed by atoms with E-state index < -0.39 is 0 Å². The molecular formula is C9H17N3. The van der Waals surface area contributed by atoms with Crippen molar-refractivity contribution in [3.05, 3.63) is 12.3 Å². The highest BCUT2D eigenvalue weighted by molar-refractivity contribution is 5.33.